The molecule has 5 heteroatoms. The number of likely N-dealkylation sites (N-methyl/N-ethyl adjacent to an activating group) is 1. The van der Waals surface area contributed by atoms with Crippen molar-refractivity contribution >= 4 is 11.6 Å². The van der Waals surface area contributed by atoms with Crippen LogP contribution in [0.25, 0.3) is 0 Å². The van der Waals surface area contributed by atoms with E-state index in [-0.39, 0.29) is 17.9 Å². The highest BCUT2D eigenvalue weighted by atomic mass is 16.5. The number of rotatable bonds is 5. The predicted molar refractivity (Wildman–Crippen MR) is 84.1 cm³/mol. The van der Waals surface area contributed by atoms with Gasteiger partial charge in [0.05, 0.1) is 18.6 Å². The second-order valence-corrected chi connectivity index (χ2v) is 5.52. The monoisotopic (exact) mass is 291 g/mol. The van der Waals surface area contributed by atoms with Crippen molar-refractivity contribution in [1.82, 2.24) is 10.2 Å². The Hall–Kier alpha value is -1.59. The fourth-order valence-corrected chi connectivity index (χ4v) is 2.54. The maximum Gasteiger partial charge on any atom is 0.227 e. The highest BCUT2D eigenvalue weighted by molar-refractivity contribution is 5.83. The molecule has 5 nitrogen and oxygen atoms in total. The summed E-state index contributed by atoms with van der Waals surface area (Å²) < 4.78 is 5.69. The summed E-state index contributed by atoms with van der Waals surface area (Å²) in [5.41, 5.74) is 7.38. The van der Waals surface area contributed by atoms with Crippen LogP contribution in [-0.4, -0.2) is 49.7 Å². The van der Waals surface area contributed by atoms with Gasteiger partial charge < -0.3 is 15.8 Å². The van der Waals surface area contributed by atoms with Crippen molar-refractivity contribution in [2.75, 3.05) is 38.5 Å². The van der Waals surface area contributed by atoms with Crippen molar-refractivity contribution in [3.8, 4) is 0 Å². The van der Waals surface area contributed by atoms with Gasteiger partial charge in [0.15, 0.2) is 0 Å². The normalized spacial score (nSPS) is 21.0. The maximum absolute atomic E-state index is 12.2. The third-order valence-corrected chi connectivity index (χ3v) is 3.98. The molecule has 0 spiro atoms. The number of nitrogens with one attached hydrogen (secondary N) is 1. The average molecular weight is 291 g/mol. The van der Waals surface area contributed by atoms with E-state index in [0.29, 0.717) is 12.2 Å². The van der Waals surface area contributed by atoms with Gasteiger partial charge in [-0.1, -0.05) is 19.1 Å². The number of nitrogens with two attached hydrogens (primary N) is 1. The predicted octanol–water partition coefficient (Wildman–Crippen LogP) is 1.21. The zero-order valence-corrected chi connectivity index (χ0v) is 12.8. The largest absolute Gasteiger partial charge is 0.399 e. The van der Waals surface area contributed by atoms with E-state index in [2.05, 4.69) is 17.1 Å². The summed E-state index contributed by atoms with van der Waals surface area (Å²) in [6, 6.07) is 7.47. The minimum atomic E-state index is -0.209. The van der Waals surface area contributed by atoms with Crippen LogP contribution in [0.5, 0.6) is 0 Å². The summed E-state index contributed by atoms with van der Waals surface area (Å²) in [6.45, 7) is 8.20. The molecule has 1 aromatic rings. The Labute approximate surface area is 126 Å². The second-order valence-electron chi connectivity index (χ2n) is 5.52. The third-order valence-electron chi connectivity index (χ3n) is 3.98. The molecule has 0 aromatic heterocycles. The van der Waals surface area contributed by atoms with Crippen molar-refractivity contribution < 1.29 is 9.53 Å². The molecule has 1 aromatic carbocycles. The van der Waals surface area contributed by atoms with Crippen molar-refractivity contribution in [1.29, 1.82) is 0 Å². The van der Waals surface area contributed by atoms with Gasteiger partial charge in [-0.25, -0.2) is 0 Å². The van der Waals surface area contributed by atoms with E-state index in [1.807, 2.05) is 31.2 Å². The smallest absolute Gasteiger partial charge is 0.227 e. The van der Waals surface area contributed by atoms with Gasteiger partial charge in [-0.15, -0.1) is 0 Å². The third kappa shape index (κ3) is 4.44. The van der Waals surface area contributed by atoms with Crippen LogP contribution in [0.15, 0.2) is 24.3 Å². The highest BCUT2D eigenvalue weighted by Crippen LogP contribution is 2.17. The van der Waals surface area contributed by atoms with Gasteiger partial charge in [0.1, 0.15) is 0 Å². The molecule has 0 radical (unpaired) electrons. The van der Waals surface area contributed by atoms with Crippen LogP contribution in [-0.2, 0) is 9.53 Å². The lowest BCUT2D eigenvalue weighted by Crippen LogP contribution is -2.47. The van der Waals surface area contributed by atoms with Crippen molar-refractivity contribution in [3.63, 3.8) is 0 Å². The molecule has 0 bridgehead atoms. The first-order chi connectivity index (χ1) is 10.1. The minimum Gasteiger partial charge on any atom is -0.399 e. The first-order valence-electron chi connectivity index (χ1n) is 7.57. The molecular weight excluding hydrogens is 266 g/mol. The summed E-state index contributed by atoms with van der Waals surface area (Å²) in [5, 5.41) is 2.98. The number of anilines is 1. The number of ether oxygens (including phenoxy) is 1. The number of carbonyl (C=O) groups excluding carboxylic acids is 1. The molecule has 1 heterocycles. The Bertz CT molecular complexity index is 478. The molecule has 2 rings (SSSR count). The lowest BCUT2D eigenvalue weighted by molar-refractivity contribution is -0.123. The zero-order valence-electron chi connectivity index (χ0n) is 12.8. The number of nitrogens with zero attached hydrogens (tertiary/aromatic N) is 1. The van der Waals surface area contributed by atoms with E-state index in [4.69, 9.17) is 10.5 Å². The number of benzene rings is 1. The summed E-state index contributed by atoms with van der Waals surface area (Å²) in [7, 11) is 0. The lowest BCUT2D eigenvalue weighted by Gasteiger charge is -2.32. The summed E-state index contributed by atoms with van der Waals surface area (Å²) in [4.78, 5) is 14.6. The van der Waals surface area contributed by atoms with E-state index < -0.39 is 0 Å². The van der Waals surface area contributed by atoms with Gasteiger partial charge in [-0.2, -0.15) is 0 Å². The highest BCUT2D eigenvalue weighted by Gasteiger charge is 2.21. The van der Waals surface area contributed by atoms with Crippen LogP contribution in [0.2, 0.25) is 0 Å². The molecule has 2 unspecified atom stereocenters. The van der Waals surface area contributed by atoms with Gasteiger partial charge in [-0.05, 0) is 31.2 Å². The van der Waals surface area contributed by atoms with Crippen molar-refractivity contribution in [2.24, 2.45) is 0 Å². The van der Waals surface area contributed by atoms with Gasteiger partial charge >= 0.3 is 0 Å². The van der Waals surface area contributed by atoms with E-state index in [1.54, 1.807) is 0 Å². The van der Waals surface area contributed by atoms with Crippen LogP contribution < -0.4 is 11.1 Å². The Kier molecular flexibility index (Phi) is 5.59. The Morgan fingerprint density at radius 1 is 1.57 bits per heavy atom. The topological polar surface area (TPSA) is 67.6 Å². The Morgan fingerprint density at radius 2 is 2.38 bits per heavy atom. The molecule has 21 heavy (non-hydrogen) atoms. The Balaban J connectivity index is 1.84. The maximum atomic E-state index is 12.2. The Morgan fingerprint density at radius 3 is 3.10 bits per heavy atom. The molecule has 2 atom stereocenters. The molecular formula is C16H25N3O2. The number of nitrogen functional groups attached to an aromatic ring is 1. The molecule has 116 valence electrons. The fourth-order valence-electron chi connectivity index (χ4n) is 2.54. The molecule has 0 saturated carbocycles. The first-order valence-corrected chi connectivity index (χ1v) is 7.57. The summed E-state index contributed by atoms with van der Waals surface area (Å²) in [6.07, 6.45) is 0.0793. The van der Waals surface area contributed by atoms with Gasteiger partial charge in [-0.3, -0.25) is 9.69 Å². The summed E-state index contributed by atoms with van der Waals surface area (Å²) in [5.74, 6) is -0.197. The van der Waals surface area contributed by atoms with Crippen LogP contribution in [0, 0.1) is 0 Å². The molecule has 3 N–H and O–H groups in total. The number of hydrogen-bond donors (Lipinski definition) is 2. The van der Waals surface area contributed by atoms with Crippen LogP contribution >= 0.6 is 0 Å². The van der Waals surface area contributed by atoms with Crippen molar-refractivity contribution in [3.05, 3.63) is 29.8 Å². The van der Waals surface area contributed by atoms with Crippen LogP contribution in [0.1, 0.15) is 25.3 Å². The standard InChI is InChI=1S/C16H25N3O2/c1-3-19-7-8-21-15(11-19)10-18-16(20)12(2)13-5-4-6-14(17)9-13/h4-6,9,12,15H,3,7-8,10-11,17H2,1-2H3,(H,18,20). The number of carbonyl (C=O) groups is 1. The number of amides is 1. The lowest BCUT2D eigenvalue weighted by atomic mass is 10.00. The van der Waals surface area contributed by atoms with E-state index in [1.165, 1.54) is 0 Å². The van der Waals surface area contributed by atoms with Crippen LogP contribution in [0.3, 0.4) is 0 Å². The van der Waals surface area contributed by atoms with Crippen LogP contribution in [0.4, 0.5) is 5.69 Å². The van der Waals surface area contributed by atoms with Crippen molar-refractivity contribution in [2.45, 2.75) is 25.9 Å². The SMILES string of the molecule is CCN1CCOC(CNC(=O)C(C)c2cccc(N)c2)C1. The number of hydrogen-bond acceptors (Lipinski definition) is 4. The second kappa shape index (κ2) is 7.43. The number of morpholine rings is 1. The van der Waals surface area contributed by atoms with E-state index in [9.17, 15) is 4.79 Å². The van der Waals surface area contributed by atoms with Gasteiger partial charge in [0.2, 0.25) is 5.91 Å². The fraction of sp³-hybridized carbons (Fsp3) is 0.562. The molecule has 1 aliphatic heterocycles. The average Bonchev–Trinajstić information content (AvgIpc) is 2.52. The van der Waals surface area contributed by atoms with E-state index >= 15 is 0 Å². The summed E-state index contributed by atoms with van der Waals surface area (Å²) >= 11 is 0. The quantitative estimate of drug-likeness (QED) is 0.800. The minimum absolute atomic E-state index is 0.0119. The van der Waals surface area contributed by atoms with Gasteiger partial charge in [0, 0.05) is 25.3 Å². The van der Waals surface area contributed by atoms with E-state index in [0.717, 1.165) is 31.8 Å². The van der Waals surface area contributed by atoms with Gasteiger partial charge in [0.25, 0.3) is 0 Å². The molecule has 1 amide bonds. The molecule has 0 aliphatic carbocycles. The zero-order chi connectivity index (χ0) is 15.2. The molecule has 1 aliphatic rings. The first kappa shape index (κ1) is 15.8. The molecule has 1 saturated heterocycles. The molecule has 1 fully saturated rings.